The minimum Gasteiger partial charge on any atom is -0.341 e. The lowest BCUT2D eigenvalue weighted by atomic mass is 9.97. The van der Waals surface area contributed by atoms with Crippen molar-refractivity contribution in [1.29, 1.82) is 0 Å². The fourth-order valence-corrected chi connectivity index (χ4v) is 5.99. The molecule has 5 nitrogen and oxygen atoms in total. The molecule has 1 N–H and O–H groups in total. The Kier molecular flexibility index (Phi) is 7.71. The molecule has 1 aliphatic rings. The number of hydrogen-bond donors (Lipinski definition) is 1. The first-order chi connectivity index (χ1) is 16.4. The summed E-state index contributed by atoms with van der Waals surface area (Å²) in [5.74, 6) is -0.424. The van der Waals surface area contributed by atoms with Gasteiger partial charge in [0.2, 0.25) is 10.0 Å². The fraction of sp³-hybridized carbons (Fsp3) is 0.296. The molecule has 7 heteroatoms. The molecule has 178 valence electrons. The molecule has 1 heterocycles. The maximum atomic E-state index is 13.4. The summed E-state index contributed by atoms with van der Waals surface area (Å²) in [6, 6.07) is 21.6. The van der Waals surface area contributed by atoms with Gasteiger partial charge >= 0.3 is 0 Å². The fourth-order valence-electron chi connectivity index (χ4n) is 4.24. The molecular weight excluding hydrogens is 468 g/mol. The Balaban J connectivity index is 1.65. The Hall–Kier alpha value is -2.67. The van der Waals surface area contributed by atoms with Crippen molar-refractivity contribution in [3.63, 3.8) is 0 Å². The summed E-state index contributed by atoms with van der Waals surface area (Å²) in [5, 5.41) is 3.27. The number of sulfonamides is 1. The zero-order chi connectivity index (χ0) is 24.1. The molecule has 1 saturated heterocycles. The third-order valence-corrected chi connectivity index (χ3v) is 8.43. The molecule has 0 bridgehead atoms. The minimum absolute atomic E-state index is 0.0931. The van der Waals surface area contributed by atoms with Crippen LogP contribution in [0.4, 0.5) is 0 Å². The number of rotatable bonds is 6. The highest BCUT2D eigenvalue weighted by atomic mass is 35.5. The van der Waals surface area contributed by atoms with Crippen molar-refractivity contribution >= 4 is 27.5 Å². The molecule has 1 amide bonds. The van der Waals surface area contributed by atoms with Crippen LogP contribution in [-0.2, 0) is 10.0 Å². The first-order valence-electron chi connectivity index (χ1n) is 11.6. The molecule has 0 saturated carbocycles. The third-order valence-electron chi connectivity index (χ3n) is 6.20. The van der Waals surface area contributed by atoms with E-state index in [0.29, 0.717) is 13.1 Å². The summed E-state index contributed by atoms with van der Waals surface area (Å²) in [5.41, 5.74) is 3.11. The van der Waals surface area contributed by atoms with Gasteiger partial charge in [0.25, 0.3) is 5.91 Å². The summed E-state index contributed by atoms with van der Waals surface area (Å²) in [4.78, 5) is 13.5. The average Bonchev–Trinajstić information content (AvgIpc) is 3.14. The topological polar surface area (TPSA) is 66.5 Å². The number of amides is 1. The second-order valence-corrected chi connectivity index (χ2v) is 11.0. The monoisotopic (exact) mass is 496 g/mol. The van der Waals surface area contributed by atoms with Crippen LogP contribution in [0.3, 0.4) is 0 Å². The highest BCUT2D eigenvalue weighted by molar-refractivity contribution is 7.89. The lowest BCUT2D eigenvalue weighted by Crippen LogP contribution is -2.32. The van der Waals surface area contributed by atoms with Crippen molar-refractivity contribution in [2.75, 3.05) is 13.1 Å². The smallest absolute Gasteiger partial charge is 0.253 e. The van der Waals surface area contributed by atoms with Gasteiger partial charge in [0, 0.05) is 13.1 Å². The van der Waals surface area contributed by atoms with E-state index in [2.05, 4.69) is 5.32 Å². The first-order valence-corrected chi connectivity index (χ1v) is 13.4. The van der Waals surface area contributed by atoms with Crippen LogP contribution in [0.1, 0.15) is 58.8 Å². The van der Waals surface area contributed by atoms with Crippen LogP contribution in [-0.4, -0.2) is 31.7 Å². The third kappa shape index (κ3) is 5.52. The number of carbonyl (C=O) groups is 1. The molecule has 0 aliphatic carbocycles. The van der Waals surface area contributed by atoms with Crippen molar-refractivity contribution in [3.8, 4) is 0 Å². The molecule has 3 aromatic carbocycles. The van der Waals surface area contributed by atoms with Gasteiger partial charge in [-0.15, -0.1) is 0 Å². The van der Waals surface area contributed by atoms with Crippen LogP contribution in [0, 0.1) is 6.92 Å². The molecule has 3 aromatic rings. The van der Waals surface area contributed by atoms with E-state index in [1.807, 2.05) is 61.5 Å². The zero-order valence-corrected chi connectivity index (χ0v) is 20.8. The Bertz CT molecular complexity index is 1240. The molecular formula is C27H29ClN2O3S. The van der Waals surface area contributed by atoms with Gasteiger partial charge in [-0.3, -0.25) is 4.79 Å². The maximum Gasteiger partial charge on any atom is 0.253 e. The normalized spacial score (nSPS) is 15.9. The molecule has 4 rings (SSSR count). The van der Waals surface area contributed by atoms with Crippen LogP contribution >= 0.6 is 11.6 Å². The van der Waals surface area contributed by atoms with Crippen LogP contribution in [0.5, 0.6) is 0 Å². The molecule has 1 unspecified atom stereocenters. The lowest BCUT2D eigenvalue weighted by Gasteiger charge is -2.22. The number of aryl methyl sites for hydroxylation is 1. The number of halogens is 1. The minimum atomic E-state index is -3.70. The molecule has 34 heavy (non-hydrogen) atoms. The quantitative estimate of drug-likeness (QED) is 0.473. The predicted octanol–water partition coefficient (Wildman–Crippen LogP) is 5.73. The standard InChI is InChI=1S/C27H29ClN2O3S/c1-20-11-13-22(14-12-20)26(21-9-5-4-6-10-21)29-27(31)24-19-23(15-16-25(24)28)34(32,33)30-17-7-2-3-8-18-30/h4-6,9-16,19,26H,2-3,7-8,17-18H2,1H3,(H,29,31). The second-order valence-electron chi connectivity index (χ2n) is 8.69. The van der Waals surface area contributed by atoms with Crippen LogP contribution in [0.15, 0.2) is 77.7 Å². The van der Waals surface area contributed by atoms with Gasteiger partial charge in [-0.2, -0.15) is 4.31 Å². The summed E-state index contributed by atoms with van der Waals surface area (Å²) in [7, 11) is -3.70. The summed E-state index contributed by atoms with van der Waals surface area (Å²) >= 11 is 6.38. The highest BCUT2D eigenvalue weighted by Gasteiger charge is 2.27. The van der Waals surface area contributed by atoms with Gasteiger partial charge in [-0.05, 0) is 49.1 Å². The Morgan fingerprint density at radius 2 is 1.50 bits per heavy atom. The van der Waals surface area contributed by atoms with E-state index in [1.54, 1.807) is 0 Å². The summed E-state index contributed by atoms with van der Waals surface area (Å²) in [6.45, 7) is 3.00. The number of nitrogens with one attached hydrogen (secondary N) is 1. The van der Waals surface area contributed by atoms with Crippen molar-refractivity contribution in [3.05, 3.63) is 100 Å². The SMILES string of the molecule is Cc1ccc(C(NC(=O)c2cc(S(=O)(=O)N3CCCCCC3)ccc2Cl)c2ccccc2)cc1. The van der Waals surface area contributed by atoms with Crippen molar-refractivity contribution in [2.45, 2.75) is 43.5 Å². The van der Waals surface area contributed by atoms with E-state index in [9.17, 15) is 13.2 Å². The predicted molar refractivity (Wildman–Crippen MR) is 136 cm³/mol. The lowest BCUT2D eigenvalue weighted by molar-refractivity contribution is 0.0943. The number of nitrogens with zero attached hydrogens (tertiary/aromatic N) is 1. The van der Waals surface area contributed by atoms with Gasteiger partial charge < -0.3 is 5.32 Å². The van der Waals surface area contributed by atoms with Crippen molar-refractivity contribution < 1.29 is 13.2 Å². The van der Waals surface area contributed by atoms with Gasteiger partial charge in [-0.1, -0.05) is 84.6 Å². The summed E-state index contributed by atoms with van der Waals surface area (Å²) < 4.78 is 28.1. The summed E-state index contributed by atoms with van der Waals surface area (Å²) in [6.07, 6.45) is 3.74. The Labute approximate surface area is 206 Å². The van der Waals surface area contributed by atoms with E-state index in [0.717, 1.165) is 42.4 Å². The van der Waals surface area contributed by atoms with Gasteiger partial charge in [0.15, 0.2) is 0 Å². The van der Waals surface area contributed by atoms with E-state index in [4.69, 9.17) is 11.6 Å². The second kappa shape index (κ2) is 10.7. The average molecular weight is 497 g/mol. The number of benzene rings is 3. The molecule has 1 atom stereocenters. The van der Waals surface area contributed by atoms with Gasteiger partial charge in [0.1, 0.15) is 0 Å². The van der Waals surface area contributed by atoms with E-state index < -0.39 is 22.0 Å². The Morgan fingerprint density at radius 1 is 0.882 bits per heavy atom. The molecule has 0 spiro atoms. The van der Waals surface area contributed by atoms with Crippen LogP contribution in [0.2, 0.25) is 5.02 Å². The van der Waals surface area contributed by atoms with E-state index in [-0.39, 0.29) is 15.5 Å². The maximum absolute atomic E-state index is 13.4. The first kappa shape index (κ1) is 24.5. The van der Waals surface area contributed by atoms with Gasteiger partial charge in [-0.25, -0.2) is 8.42 Å². The molecule has 0 aromatic heterocycles. The van der Waals surface area contributed by atoms with Crippen LogP contribution in [0.25, 0.3) is 0 Å². The number of carbonyl (C=O) groups excluding carboxylic acids is 1. The molecule has 1 aliphatic heterocycles. The van der Waals surface area contributed by atoms with E-state index >= 15 is 0 Å². The Morgan fingerprint density at radius 3 is 2.15 bits per heavy atom. The molecule has 0 radical (unpaired) electrons. The van der Waals surface area contributed by atoms with Gasteiger partial charge in [0.05, 0.1) is 21.5 Å². The number of hydrogen-bond acceptors (Lipinski definition) is 3. The van der Waals surface area contributed by atoms with Crippen molar-refractivity contribution in [2.24, 2.45) is 0 Å². The largest absolute Gasteiger partial charge is 0.341 e. The van der Waals surface area contributed by atoms with E-state index in [1.165, 1.54) is 22.5 Å². The zero-order valence-electron chi connectivity index (χ0n) is 19.2. The highest BCUT2D eigenvalue weighted by Crippen LogP contribution is 2.27. The molecule has 1 fully saturated rings. The van der Waals surface area contributed by atoms with Crippen molar-refractivity contribution in [1.82, 2.24) is 9.62 Å². The van der Waals surface area contributed by atoms with Crippen LogP contribution < -0.4 is 5.32 Å².